The number of rotatable bonds is 6. The molecule has 5 aliphatic rings. The van der Waals surface area contributed by atoms with Crippen LogP contribution < -0.4 is 11.1 Å². The zero-order valence-electron chi connectivity index (χ0n) is 15.2. The minimum absolute atomic E-state index is 0.152. The predicted molar refractivity (Wildman–Crippen MR) is 94.4 cm³/mol. The molecule has 1 saturated heterocycles. The van der Waals surface area contributed by atoms with Crippen molar-refractivity contribution < 1.29 is 9.53 Å². The average molecular weight is 335 g/mol. The Bertz CT molecular complexity index is 449. The molecular weight excluding hydrogens is 300 g/mol. The highest BCUT2D eigenvalue weighted by molar-refractivity contribution is 5.81. The smallest absolute Gasteiger partial charge is 0.225 e. The van der Waals surface area contributed by atoms with Crippen molar-refractivity contribution in [2.45, 2.75) is 70.8 Å². The fraction of sp³-hybridized carbons (Fsp3) is 0.950. The second kappa shape index (κ2) is 6.28. The Morgan fingerprint density at radius 3 is 2.17 bits per heavy atom. The van der Waals surface area contributed by atoms with Crippen LogP contribution >= 0.6 is 0 Å². The molecule has 1 heterocycles. The number of hydrogen-bond donors (Lipinski definition) is 2. The van der Waals surface area contributed by atoms with E-state index in [0.717, 1.165) is 37.1 Å². The molecule has 136 valence electrons. The summed E-state index contributed by atoms with van der Waals surface area (Å²) in [6.07, 6.45) is 11.7. The van der Waals surface area contributed by atoms with Crippen molar-refractivity contribution in [2.75, 3.05) is 19.8 Å². The van der Waals surface area contributed by atoms with Crippen molar-refractivity contribution in [2.24, 2.45) is 34.3 Å². The molecule has 0 aromatic carbocycles. The van der Waals surface area contributed by atoms with Gasteiger partial charge in [0, 0.05) is 25.8 Å². The number of nitrogens with one attached hydrogen (secondary N) is 1. The number of amides is 1. The van der Waals surface area contributed by atoms with Gasteiger partial charge in [-0.3, -0.25) is 4.79 Å². The maximum Gasteiger partial charge on any atom is 0.225 e. The van der Waals surface area contributed by atoms with Crippen LogP contribution in [0.1, 0.15) is 64.7 Å². The van der Waals surface area contributed by atoms with Crippen molar-refractivity contribution in [1.29, 1.82) is 0 Å². The molecule has 1 aliphatic heterocycles. The second-order valence-electron chi connectivity index (χ2n) is 9.66. The minimum Gasteiger partial charge on any atom is -0.381 e. The molecule has 4 bridgehead atoms. The van der Waals surface area contributed by atoms with E-state index in [1.54, 1.807) is 0 Å². The highest BCUT2D eigenvalue weighted by Gasteiger charge is 2.51. The van der Waals surface area contributed by atoms with Crippen LogP contribution in [0.4, 0.5) is 0 Å². The number of nitrogens with two attached hydrogens (primary N) is 1. The molecule has 1 atom stereocenters. The molecule has 0 aromatic rings. The van der Waals surface area contributed by atoms with Gasteiger partial charge in [0.15, 0.2) is 0 Å². The van der Waals surface area contributed by atoms with Crippen LogP contribution in [0.15, 0.2) is 0 Å². The van der Waals surface area contributed by atoms with Gasteiger partial charge in [-0.25, -0.2) is 0 Å². The standard InChI is InChI=1S/C20H34N2O2/c1-14(22-13-20(18(21)23)2-4-24-5-3-20)9-19-10-15-6-16(11-19)8-17(7-15)12-19/h14-17,22H,2-13H2,1H3,(H2,21,23). The Morgan fingerprint density at radius 1 is 1.12 bits per heavy atom. The average Bonchev–Trinajstić information content (AvgIpc) is 2.52. The largest absolute Gasteiger partial charge is 0.381 e. The van der Waals surface area contributed by atoms with Crippen molar-refractivity contribution in [3.8, 4) is 0 Å². The summed E-state index contributed by atoms with van der Waals surface area (Å²) in [6, 6.07) is 0.473. The zero-order valence-corrected chi connectivity index (χ0v) is 15.2. The van der Waals surface area contributed by atoms with Crippen LogP contribution in [0.25, 0.3) is 0 Å². The first-order valence-corrected chi connectivity index (χ1v) is 10.1. The minimum atomic E-state index is -0.395. The second-order valence-corrected chi connectivity index (χ2v) is 9.66. The Labute approximate surface area is 146 Å². The molecule has 0 spiro atoms. The molecule has 4 nitrogen and oxygen atoms in total. The van der Waals surface area contributed by atoms with E-state index < -0.39 is 5.41 Å². The normalized spacial score (nSPS) is 41.3. The Morgan fingerprint density at radius 2 is 1.67 bits per heavy atom. The molecule has 4 heteroatoms. The lowest BCUT2D eigenvalue weighted by Gasteiger charge is -2.57. The fourth-order valence-corrected chi connectivity index (χ4v) is 6.90. The van der Waals surface area contributed by atoms with Gasteiger partial charge in [-0.2, -0.15) is 0 Å². The lowest BCUT2D eigenvalue weighted by atomic mass is 9.48. The summed E-state index contributed by atoms with van der Waals surface area (Å²) in [5.74, 6) is 2.88. The highest BCUT2D eigenvalue weighted by atomic mass is 16.5. The van der Waals surface area contributed by atoms with E-state index in [1.807, 2.05) is 0 Å². The summed E-state index contributed by atoms with van der Waals surface area (Å²) in [4.78, 5) is 12.0. The number of carbonyl (C=O) groups is 1. The van der Waals surface area contributed by atoms with Gasteiger partial charge in [0.05, 0.1) is 5.41 Å². The maximum atomic E-state index is 12.0. The zero-order chi connectivity index (χ0) is 16.8. The lowest BCUT2D eigenvalue weighted by Crippen LogP contribution is -2.52. The van der Waals surface area contributed by atoms with Gasteiger partial charge >= 0.3 is 0 Å². The van der Waals surface area contributed by atoms with E-state index >= 15 is 0 Å². The van der Waals surface area contributed by atoms with Crippen LogP contribution in [0.3, 0.4) is 0 Å². The summed E-state index contributed by atoms with van der Waals surface area (Å²) in [6.45, 7) is 4.35. The van der Waals surface area contributed by atoms with Gasteiger partial charge in [-0.15, -0.1) is 0 Å². The lowest BCUT2D eigenvalue weighted by molar-refractivity contribution is -0.133. The molecule has 24 heavy (non-hydrogen) atoms. The molecular formula is C20H34N2O2. The summed E-state index contributed by atoms with van der Waals surface area (Å²) < 4.78 is 5.44. The van der Waals surface area contributed by atoms with Crippen LogP contribution in [0.2, 0.25) is 0 Å². The van der Waals surface area contributed by atoms with E-state index in [1.165, 1.54) is 44.9 Å². The molecule has 1 amide bonds. The van der Waals surface area contributed by atoms with Crippen molar-refractivity contribution in [3.63, 3.8) is 0 Å². The van der Waals surface area contributed by atoms with Gasteiger partial charge in [0.1, 0.15) is 0 Å². The summed E-state index contributed by atoms with van der Waals surface area (Å²) >= 11 is 0. The molecule has 1 unspecified atom stereocenters. The molecule has 4 aliphatic carbocycles. The quantitative estimate of drug-likeness (QED) is 0.785. The highest BCUT2D eigenvalue weighted by Crippen LogP contribution is 2.61. The van der Waals surface area contributed by atoms with Crippen LogP contribution in [0, 0.1) is 28.6 Å². The molecule has 4 saturated carbocycles. The summed E-state index contributed by atoms with van der Waals surface area (Å²) in [5.41, 5.74) is 5.94. The van der Waals surface area contributed by atoms with Gasteiger partial charge in [0.25, 0.3) is 0 Å². The van der Waals surface area contributed by atoms with Crippen molar-refractivity contribution in [3.05, 3.63) is 0 Å². The van der Waals surface area contributed by atoms with E-state index in [0.29, 0.717) is 24.7 Å². The third-order valence-electron chi connectivity index (χ3n) is 7.67. The monoisotopic (exact) mass is 334 g/mol. The summed E-state index contributed by atoms with van der Waals surface area (Å²) in [5, 5.41) is 3.69. The number of carbonyl (C=O) groups excluding carboxylic acids is 1. The summed E-state index contributed by atoms with van der Waals surface area (Å²) in [7, 11) is 0. The molecule has 5 rings (SSSR count). The SMILES string of the molecule is CC(CC12CC3CC(CC(C3)C1)C2)NCC1(C(N)=O)CCOCC1. The third-order valence-corrected chi connectivity index (χ3v) is 7.67. The van der Waals surface area contributed by atoms with Gasteiger partial charge < -0.3 is 15.8 Å². The fourth-order valence-electron chi connectivity index (χ4n) is 6.90. The first kappa shape index (κ1) is 16.8. The van der Waals surface area contributed by atoms with E-state index in [9.17, 15) is 4.79 Å². The van der Waals surface area contributed by atoms with E-state index in [2.05, 4.69) is 12.2 Å². The molecule has 0 aromatic heterocycles. The number of hydrogen-bond acceptors (Lipinski definition) is 3. The van der Waals surface area contributed by atoms with Crippen LogP contribution in [-0.2, 0) is 9.53 Å². The topological polar surface area (TPSA) is 64.3 Å². The van der Waals surface area contributed by atoms with Gasteiger partial charge in [0.2, 0.25) is 5.91 Å². The van der Waals surface area contributed by atoms with Crippen LogP contribution in [-0.4, -0.2) is 31.7 Å². The van der Waals surface area contributed by atoms with Gasteiger partial charge in [-0.1, -0.05) is 0 Å². The molecule has 5 fully saturated rings. The number of ether oxygens (including phenoxy) is 1. The van der Waals surface area contributed by atoms with Gasteiger partial charge in [-0.05, 0) is 87.9 Å². The third kappa shape index (κ3) is 3.12. The Kier molecular flexibility index (Phi) is 4.41. The van der Waals surface area contributed by atoms with Crippen LogP contribution in [0.5, 0.6) is 0 Å². The first-order chi connectivity index (χ1) is 11.5. The maximum absolute atomic E-state index is 12.0. The van der Waals surface area contributed by atoms with Crippen molar-refractivity contribution >= 4 is 5.91 Å². The Hall–Kier alpha value is -0.610. The van der Waals surface area contributed by atoms with E-state index in [-0.39, 0.29) is 5.91 Å². The molecule has 3 N–H and O–H groups in total. The predicted octanol–water partition coefficient (Wildman–Crippen LogP) is 2.85. The van der Waals surface area contributed by atoms with Crippen molar-refractivity contribution in [1.82, 2.24) is 5.32 Å². The first-order valence-electron chi connectivity index (χ1n) is 10.1. The molecule has 0 radical (unpaired) electrons. The Balaban J connectivity index is 1.35. The van der Waals surface area contributed by atoms with E-state index in [4.69, 9.17) is 10.5 Å². The number of primary amides is 1.